The summed E-state index contributed by atoms with van der Waals surface area (Å²) in [6.07, 6.45) is 2.69. The molecule has 0 bridgehead atoms. The van der Waals surface area contributed by atoms with Crippen molar-refractivity contribution in [2.24, 2.45) is 0 Å². The van der Waals surface area contributed by atoms with E-state index in [2.05, 4.69) is 91.0 Å². The summed E-state index contributed by atoms with van der Waals surface area (Å²) in [5.41, 5.74) is 7.03. The van der Waals surface area contributed by atoms with Crippen LogP contribution in [0.15, 0.2) is 78.9 Å². The molecule has 0 saturated heterocycles. The zero-order chi connectivity index (χ0) is 26.2. The summed E-state index contributed by atoms with van der Waals surface area (Å²) in [5, 5.41) is 15.1. The van der Waals surface area contributed by atoms with Crippen molar-refractivity contribution in [3.63, 3.8) is 0 Å². The van der Waals surface area contributed by atoms with Crippen LogP contribution in [-0.4, -0.2) is 53.8 Å². The standard InChI is InChI=1S/C32H34N4O2/c1-35(2)30-19-31(34-29-14-8-7-13-27(29)30)33-21-15-17-22(18-16-21)36(32(37)38)20-28-25-11-5-3-9-23(25)24-10-4-6-12-26(24)28/h3-14,19,21-22,28H,15-18,20H2,1-2H3,(H,33,34)(H,37,38). The first kappa shape index (κ1) is 24.3. The van der Waals surface area contributed by atoms with Crippen LogP contribution in [0.3, 0.4) is 0 Å². The molecule has 2 N–H and O–H groups in total. The quantitative estimate of drug-likeness (QED) is 0.300. The number of carboxylic acid groups (broad SMARTS) is 1. The molecular weight excluding hydrogens is 472 g/mol. The fourth-order valence-corrected chi connectivity index (χ4v) is 6.38. The summed E-state index contributed by atoms with van der Waals surface area (Å²) in [7, 11) is 4.11. The lowest BCUT2D eigenvalue weighted by atomic mass is 9.88. The van der Waals surface area contributed by atoms with Gasteiger partial charge in [-0.3, -0.25) is 0 Å². The van der Waals surface area contributed by atoms with E-state index in [9.17, 15) is 9.90 Å². The number of anilines is 2. The first-order valence-corrected chi connectivity index (χ1v) is 13.5. The third kappa shape index (κ3) is 4.44. The van der Waals surface area contributed by atoms with E-state index in [1.54, 1.807) is 4.90 Å². The highest BCUT2D eigenvalue weighted by Gasteiger charge is 2.35. The number of benzene rings is 3. The minimum absolute atomic E-state index is 0.0207. The second-order valence-corrected chi connectivity index (χ2v) is 10.8. The first-order chi connectivity index (χ1) is 18.5. The Kier molecular flexibility index (Phi) is 6.40. The summed E-state index contributed by atoms with van der Waals surface area (Å²) in [6, 6.07) is 27.5. The lowest BCUT2D eigenvalue weighted by Crippen LogP contribution is -2.45. The average molecular weight is 507 g/mol. The van der Waals surface area contributed by atoms with Gasteiger partial charge in [-0.05, 0) is 54.0 Å². The predicted molar refractivity (Wildman–Crippen MR) is 154 cm³/mol. The van der Waals surface area contributed by atoms with Gasteiger partial charge in [-0.25, -0.2) is 9.78 Å². The van der Waals surface area contributed by atoms with E-state index in [4.69, 9.17) is 4.98 Å². The van der Waals surface area contributed by atoms with Crippen LogP contribution >= 0.6 is 0 Å². The smallest absolute Gasteiger partial charge is 0.407 e. The minimum Gasteiger partial charge on any atom is -0.465 e. The van der Waals surface area contributed by atoms with E-state index in [0.29, 0.717) is 6.54 Å². The van der Waals surface area contributed by atoms with Crippen molar-refractivity contribution < 1.29 is 9.90 Å². The molecule has 2 aliphatic carbocycles. The molecule has 0 spiro atoms. The Bertz CT molecular complexity index is 1430. The highest BCUT2D eigenvalue weighted by atomic mass is 16.4. The molecule has 0 aliphatic heterocycles. The zero-order valence-electron chi connectivity index (χ0n) is 22.0. The topological polar surface area (TPSA) is 68.7 Å². The van der Waals surface area contributed by atoms with Crippen molar-refractivity contribution in [1.29, 1.82) is 0 Å². The highest BCUT2D eigenvalue weighted by Crippen LogP contribution is 2.45. The van der Waals surface area contributed by atoms with Crippen molar-refractivity contribution in [2.75, 3.05) is 30.9 Å². The summed E-state index contributed by atoms with van der Waals surface area (Å²) in [5.74, 6) is 0.950. The average Bonchev–Trinajstić information content (AvgIpc) is 3.25. The molecule has 6 nitrogen and oxygen atoms in total. The fraction of sp³-hybridized carbons (Fsp3) is 0.312. The van der Waals surface area contributed by atoms with Crippen molar-refractivity contribution in [2.45, 2.75) is 43.7 Å². The Morgan fingerprint density at radius 3 is 2.13 bits per heavy atom. The molecule has 1 fully saturated rings. The molecule has 0 unspecified atom stereocenters. The normalized spacial score (nSPS) is 18.6. The second kappa shape index (κ2) is 10.0. The number of hydrogen-bond acceptors (Lipinski definition) is 4. The van der Waals surface area contributed by atoms with Gasteiger partial charge in [-0.15, -0.1) is 0 Å². The Hall–Kier alpha value is -4.06. The molecule has 2 aliphatic rings. The number of fused-ring (bicyclic) bond motifs is 4. The first-order valence-electron chi connectivity index (χ1n) is 13.5. The lowest BCUT2D eigenvalue weighted by Gasteiger charge is -2.37. The van der Waals surface area contributed by atoms with Crippen molar-refractivity contribution in [3.05, 3.63) is 90.0 Å². The number of pyridine rings is 1. The van der Waals surface area contributed by atoms with E-state index in [1.165, 1.54) is 22.3 Å². The van der Waals surface area contributed by atoms with Crippen molar-refractivity contribution in [3.8, 4) is 11.1 Å². The maximum absolute atomic E-state index is 12.5. The van der Waals surface area contributed by atoms with Crippen molar-refractivity contribution >= 4 is 28.5 Å². The van der Waals surface area contributed by atoms with Crippen LogP contribution in [0.2, 0.25) is 0 Å². The molecule has 38 heavy (non-hydrogen) atoms. The summed E-state index contributed by atoms with van der Waals surface area (Å²) < 4.78 is 0. The number of rotatable bonds is 6. The lowest BCUT2D eigenvalue weighted by molar-refractivity contribution is 0.108. The fourth-order valence-electron chi connectivity index (χ4n) is 6.38. The molecule has 194 valence electrons. The van der Waals surface area contributed by atoms with Gasteiger partial charge in [0.05, 0.1) is 5.52 Å². The van der Waals surface area contributed by atoms with Crippen LogP contribution in [-0.2, 0) is 0 Å². The van der Waals surface area contributed by atoms with Crippen LogP contribution in [0.1, 0.15) is 42.7 Å². The van der Waals surface area contributed by atoms with Gasteiger partial charge in [0.2, 0.25) is 0 Å². The van der Waals surface area contributed by atoms with Gasteiger partial charge in [0, 0.05) is 55.8 Å². The number of nitrogens with one attached hydrogen (secondary N) is 1. The number of amides is 1. The Labute approximate surface area is 223 Å². The van der Waals surface area contributed by atoms with E-state index in [1.807, 2.05) is 12.1 Å². The summed E-state index contributed by atoms with van der Waals surface area (Å²) in [4.78, 5) is 21.2. The molecule has 1 heterocycles. The molecule has 0 atom stereocenters. The van der Waals surface area contributed by atoms with Gasteiger partial charge in [0.25, 0.3) is 0 Å². The molecular formula is C32H34N4O2. The number of nitrogens with zero attached hydrogens (tertiary/aromatic N) is 3. The van der Waals surface area contributed by atoms with Gasteiger partial charge in [-0.1, -0.05) is 66.7 Å². The number of para-hydroxylation sites is 1. The van der Waals surface area contributed by atoms with E-state index in [0.717, 1.165) is 48.1 Å². The maximum atomic E-state index is 12.5. The number of carbonyl (C=O) groups is 1. The Morgan fingerprint density at radius 1 is 0.895 bits per heavy atom. The van der Waals surface area contributed by atoms with Crippen LogP contribution in [0.5, 0.6) is 0 Å². The summed E-state index contributed by atoms with van der Waals surface area (Å²) >= 11 is 0. The van der Waals surface area contributed by atoms with E-state index >= 15 is 0 Å². The molecule has 0 radical (unpaired) electrons. The van der Waals surface area contributed by atoms with E-state index in [-0.39, 0.29) is 18.0 Å². The third-order valence-corrected chi connectivity index (χ3v) is 8.25. The summed E-state index contributed by atoms with van der Waals surface area (Å²) in [6.45, 7) is 0.491. The monoisotopic (exact) mass is 506 g/mol. The molecule has 3 aromatic carbocycles. The Morgan fingerprint density at radius 2 is 1.50 bits per heavy atom. The van der Waals surface area contributed by atoms with Gasteiger partial charge in [0.15, 0.2) is 0 Å². The van der Waals surface area contributed by atoms with Crippen LogP contribution in [0.4, 0.5) is 16.3 Å². The highest BCUT2D eigenvalue weighted by molar-refractivity contribution is 5.93. The van der Waals surface area contributed by atoms with Gasteiger partial charge < -0.3 is 20.2 Å². The maximum Gasteiger partial charge on any atom is 0.407 e. The second-order valence-electron chi connectivity index (χ2n) is 10.8. The number of hydrogen-bond donors (Lipinski definition) is 2. The predicted octanol–water partition coefficient (Wildman–Crippen LogP) is 6.82. The van der Waals surface area contributed by atoms with Gasteiger partial charge >= 0.3 is 6.09 Å². The van der Waals surface area contributed by atoms with Crippen LogP contribution < -0.4 is 10.2 Å². The molecule has 4 aromatic rings. The van der Waals surface area contributed by atoms with Gasteiger partial charge in [0.1, 0.15) is 5.82 Å². The largest absolute Gasteiger partial charge is 0.465 e. The molecule has 1 amide bonds. The minimum atomic E-state index is -0.824. The number of aromatic nitrogens is 1. The van der Waals surface area contributed by atoms with Crippen LogP contribution in [0.25, 0.3) is 22.0 Å². The Balaban J connectivity index is 1.16. The van der Waals surface area contributed by atoms with Crippen LogP contribution in [0, 0.1) is 0 Å². The van der Waals surface area contributed by atoms with Crippen molar-refractivity contribution in [1.82, 2.24) is 9.88 Å². The van der Waals surface area contributed by atoms with Gasteiger partial charge in [-0.2, -0.15) is 0 Å². The molecule has 6 rings (SSSR count). The molecule has 1 aromatic heterocycles. The third-order valence-electron chi connectivity index (χ3n) is 8.25. The zero-order valence-corrected chi connectivity index (χ0v) is 22.0. The molecule has 6 heteroatoms. The molecule has 1 saturated carbocycles. The SMILES string of the molecule is CN(C)c1cc(NC2CCC(N(CC3c4ccccc4-c4ccccc43)C(=O)O)CC2)nc2ccccc12. The van der Waals surface area contributed by atoms with E-state index < -0.39 is 6.09 Å².